The van der Waals surface area contributed by atoms with Crippen molar-refractivity contribution in [1.29, 1.82) is 0 Å². The van der Waals surface area contributed by atoms with E-state index in [-0.39, 0.29) is 91.1 Å². The van der Waals surface area contributed by atoms with Crippen LogP contribution >= 0.6 is 69.6 Å². The van der Waals surface area contributed by atoms with Gasteiger partial charge in [-0.1, -0.05) is 281 Å². The lowest BCUT2D eigenvalue weighted by molar-refractivity contribution is -0.176. The van der Waals surface area contributed by atoms with E-state index in [9.17, 15) is 42.3 Å². The second kappa shape index (κ2) is 43.9. The molecule has 4 saturated heterocycles. The summed E-state index contributed by atoms with van der Waals surface area (Å²) in [6.45, 7) is 14.7. The first-order valence-corrected chi connectivity index (χ1v) is 43.4. The largest absolute Gasteiger partial charge is 0.454 e. The number of hydrogen-bond acceptors (Lipinski definition) is 14. The van der Waals surface area contributed by atoms with E-state index in [0.29, 0.717) is 74.7 Å². The van der Waals surface area contributed by atoms with Gasteiger partial charge in [0.1, 0.15) is 41.6 Å². The molecule has 3 amide bonds. The van der Waals surface area contributed by atoms with Crippen molar-refractivity contribution in [2.75, 3.05) is 35.7 Å². The molecule has 125 heavy (non-hydrogen) atoms. The molecule has 5 fully saturated rings. The topological polar surface area (TPSA) is 245 Å². The van der Waals surface area contributed by atoms with E-state index < -0.39 is 59.0 Å². The number of anilines is 3. The predicted molar refractivity (Wildman–Crippen MR) is 489 cm³/mol. The number of aliphatic hydroxyl groups excluding tert-OH is 1. The first-order chi connectivity index (χ1) is 59.8. The Kier molecular flexibility index (Phi) is 33.6. The van der Waals surface area contributed by atoms with E-state index in [2.05, 4.69) is 46.9 Å². The van der Waals surface area contributed by atoms with Gasteiger partial charge in [-0.25, -0.2) is 13.2 Å². The average molecular weight is 1820 g/mol. The van der Waals surface area contributed by atoms with Gasteiger partial charge in [0.2, 0.25) is 11.8 Å². The maximum absolute atomic E-state index is 16.3. The second-order valence-corrected chi connectivity index (χ2v) is 36.0. The molecular weight excluding hydrogens is 1720 g/mol. The van der Waals surface area contributed by atoms with Gasteiger partial charge in [-0.3, -0.25) is 39.0 Å². The molecule has 1 aliphatic carbocycles. The first-order valence-electron chi connectivity index (χ1n) is 41.1. The van der Waals surface area contributed by atoms with Crippen molar-refractivity contribution in [3.63, 3.8) is 0 Å². The number of ether oxygens (including phenoxy) is 3. The van der Waals surface area contributed by atoms with Crippen LogP contribution in [0.15, 0.2) is 231 Å². The zero-order chi connectivity index (χ0) is 89.9. The molecule has 26 heteroatoms. The molecule has 10 aromatic rings. The minimum absolute atomic E-state index is 0.00120. The summed E-state index contributed by atoms with van der Waals surface area (Å²) in [6.07, 6.45) is 9.89. The van der Waals surface area contributed by atoms with E-state index in [1.807, 2.05) is 154 Å². The van der Waals surface area contributed by atoms with Crippen LogP contribution < -0.4 is 27.0 Å². The third kappa shape index (κ3) is 24.4. The Labute approximate surface area is 756 Å². The number of nitrogens with two attached hydrogens (primary N) is 1. The quantitative estimate of drug-likeness (QED) is 0.0447. The van der Waals surface area contributed by atoms with Crippen LogP contribution in [0.25, 0.3) is 11.6 Å². The number of aldehydes is 2. The maximum Gasteiger partial charge on any atom is 0.324 e. The minimum Gasteiger partial charge on any atom is -0.454 e. The van der Waals surface area contributed by atoms with Crippen molar-refractivity contribution >= 4 is 141 Å². The van der Waals surface area contributed by atoms with Crippen LogP contribution in [0.1, 0.15) is 184 Å². The van der Waals surface area contributed by atoms with Crippen LogP contribution in [0.5, 0.6) is 0 Å². The Morgan fingerprint density at radius 3 is 1.59 bits per heavy atom. The number of rotatable bonds is 9. The van der Waals surface area contributed by atoms with Crippen LogP contribution in [-0.2, 0) is 54.8 Å². The van der Waals surface area contributed by atoms with Gasteiger partial charge in [0.25, 0.3) is 5.91 Å². The van der Waals surface area contributed by atoms with Crippen molar-refractivity contribution in [3.05, 3.63) is 334 Å². The van der Waals surface area contributed by atoms with Gasteiger partial charge in [-0.2, -0.15) is 0 Å². The molecule has 8 aliphatic rings. The molecular formula is C99H99Cl6F3N6O11. The molecule has 654 valence electrons. The lowest BCUT2D eigenvalue weighted by atomic mass is 9.62. The predicted octanol–water partition coefficient (Wildman–Crippen LogP) is 22.7. The standard InChI is InChI=1S/C37H33Cl2FN2O3.C16H15NO2.C15H8Cl2FNO.C8H6ClNO.C7H4ClFO.C6H13NO.C6H12O.C4H8O/c1-36(2,3)20-28-37(25-18-17-23(38)19-27(25)41-35(37)44)29(24-15-10-16-26(39)30(24)40)32-34(43)45-33(22-13-8-5-9-14-22)31(42(28)32)21-11-6-4-7-12-21;18-14-11-17-15(12-7-3-1-4-8-12)16(19-14)13-9-5-2-6-10-13;16-9-4-5-10-11(15(20)19-13(10)7-9)6-8-2-1-3-12(17)14(8)18;9-6-2-1-5-3-8(11)10-7(5)4-6;8-6-3-1-2-5(4-10)7(6)9;7-5-1-3-6(8)4-2-5;1-6(2,3)4-5-7;1-2-4-5-3-1/h4-19,28-29,31-33H,20H2,1-3H3,(H,41,44);1-10,15-17H,11H2;1-7H,(H,19,20);1-2,4H,3H2,(H,10,11);1-4H;5-6,8H,1-4,7H2;5H,4H2,1-3H3;1-4H2/b;;11-6+;;;;;/t28-,29+,31-,32-,33+,37+;15-,16+;;;;;;/m11....../s1. The number of nitrogens with zero attached hydrogens (tertiary/aromatic N) is 1. The molecule has 18 rings (SSSR count). The zero-order valence-corrected chi connectivity index (χ0v) is 74.3. The normalized spacial score (nSPS) is 22.0. The van der Waals surface area contributed by atoms with Crippen LogP contribution in [0.3, 0.4) is 0 Å². The fourth-order valence-corrected chi connectivity index (χ4v) is 17.2. The summed E-state index contributed by atoms with van der Waals surface area (Å²) in [5.41, 5.74) is 13.3. The van der Waals surface area contributed by atoms with E-state index in [1.165, 1.54) is 49.2 Å². The molecule has 7 heterocycles. The number of hydrogen-bond donors (Lipinski definition) is 6. The van der Waals surface area contributed by atoms with Crippen LogP contribution in [-0.4, -0.2) is 96.2 Å². The Bertz CT molecular complexity index is 5450. The Hall–Kier alpha value is -10.0. The average Bonchev–Trinajstić information content (AvgIpc) is 1.50. The number of morpholine rings is 2. The number of halogens is 9. The summed E-state index contributed by atoms with van der Waals surface area (Å²) in [5.74, 6) is -4.07. The molecule has 0 unspecified atom stereocenters. The summed E-state index contributed by atoms with van der Waals surface area (Å²) in [7, 11) is 0. The molecule has 17 nitrogen and oxygen atoms in total. The highest BCUT2D eigenvalue weighted by molar-refractivity contribution is 6.37. The van der Waals surface area contributed by atoms with Crippen LogP contribution in [0, 0.1) is 28.3 Å². The number of aliphatic hydroxyl groups is 1. The molecule has 0 aromatic heterocycles. The number of carbonyl (C=O) groups is 7. The maximum atomic E-state index is 16.3. The third-order valence-electron chi connectivity index (χ3n) is 22.0. The second-order valence-electron chi connectivity index (χ2n) is 33.5. The molecule has 0 radical (unpaired) electrons. The van der Waals surface area contributed by atoms with Crippen molar-refractivity contribution in [3.8, 4) is 0 Å². The fourth-order valence-electron chi connectivity index (χ4n) is 16.1. The van der Waals surface area contributed by atoms with Gasteiger partial charge in [0, 0.05) is 80.8 Å². The number of carbonyl (C=O) groups excluding carboxylic acids is 7. The van der Waals surface area contributed by atoms with Gasteiger partial charge in [-0.05, 0) is 161 Å². The third-order valence-corrected chi connectivity index (χ3v) is 23.6. The number of nitrogens with one attached hydrogen (secondary N) is 4. The minimum atomic E-state index is -1.37. The van der Waals surface area contributed by atoms with Gasteiger partial charge < -0.3 is 45.8 Å². The summed E-state index contributed by atoms with van der Waals surface area (Å²) in [4.78, 5) is 85.8. The summed E-state index contributed by atoms with van der Waals surface area (Å²) in [5, 5.41) is 22.3. The number of benzene rings is 10. The highest BCUT2D eigenvalue weighted by Crippen LogP contribution is 2.65. The number of esters is 2. The molecule has 1 spiro atoms. The smallest absolute Gasteiger partial charge is 0.324 e. The van der Waals surface area contributed by atoms with Gasteiger partial charge in [-0.15, -0.1) is 0 Å². The highest BCUT2D eigenvalue weighted by Gasteiger charge is 2.72. The van der Waals surface area contributed by atoms with Crippen molar-refractivity contribution in [1.82, 2.24) is 10.2 Å². The van der Waals surface area contributed by atoms with Gasteiger partial charge in [0.15, 0.2) is 12.1 Å². The molecule has 0 bridgehead atoms. The number of fused-ring (bicyclic) bond motifs is 5. The fraction of sp³-hybridized carbons (Fsp3) is 0.303. The highest BCUT2D eigenvalue weighted by atomic mass is 35.5. The van der Waals surface area contributed by atoms with Crippen LogP contribution in [0.2, 0.25) is 30.1 Å². The van der Waals surface area contributed by atoms with Gasteiger partial charge in [0.05, 0.1) is 57.5 Å². The summed E-state index contributed by atoms with van der Waals surface area (Å²) < 4.78 is 59.7. The molecule has 7 aliphatic heterocycles. The Morgan fingerprint density at radius 1 is 0.536 bits per heavy atom. The first kappa shape index (κ1) is 95.6. The molecule has 7 N–H and O–H groups in total. The molecule has 10 aromatic carbocycles. The zero-order valence-electron chi connectivity index (χ0n) is 69.8. The van der Waals surface area contributed by atoms with Gasteiger partial charge >= 0.3 is 11.9 Å². The van der Waals surface area contributed by atoms with Crippen LogP contribution in [0.4, 0.5) is 30.2 Å². The van der Waals surface area contributed by atoms with Crippen molar-refractivity contribution < 1.29 is 66.1 Å². The van der Waals surface area contributed by atoms with E-state index in [1.54, 1.807) is 66.7 Å². The van der Waals surface area contributed by atoms with E-state index in [4.69, 9.17) is 94.7 Å². The summed E-state index contributed by atoms with van der Waals surface area (Å²) in [6, 6.07) is 67.4. The molecule has 1 saturated carbocycles. The molecule has 8 atom stereocenters. The lowest BCUT2D eigenvalue weighted by Crippen LogP contribution is -2.54. The van der Waals surface area contributed by atoms with Crippen molar-refractivity contribution in [2.24, 2.45) is 16.6 Å². The number of amides is 3. The SMILES string of the molecule is C1CCOC1.CC(C)(C)CC=O.CC(C)(C)C[C@H]1N2[C@H](c3ccccc3)[C@H](c3ccccc3)OC(=O)[C@H]2[C@H](c2cccc(Cl)c2F)[C@@]12C(=O)Nc1cc(Cl)ccc12.NC1CCC(O)CC1.O=C1CN[C@H](c2ccccc2)[C@H](c2ccccc2)O1.O=C1Cc2ccc(Cl)cc2N1.O=C1Nc2cc(Cl)ccc2/C1=C\c1cccc(Cl)c1F.O=Cc1cccc(Cl)c1F. The monoisotopic (exact) mass is 1810 g/mol. The Balaban J connectivity index is 0.000000157. The summed E-state index contributed by atoms with van der Waals surface area (Å²) >= 11 is 35.5. The van der Waals surface area contributed by atoms with E-state index in [0.717, 1.165) is 78.7 Å². The van der Waals surface area contributed by atoms with E-state index >= 15 is 4.39 Å². The van der Waals surface area contributed by atoms with Crippen molar-refractivity contribution in [2.45, 2.75) is 159 Å². The number of cyclic esters (lactones) is 2. The lowest BCUT2D eigenvalue weighted by Gasteiger charge is -2.47. The Morgan fingerprint density at radius 2 is 1.06 bits per heavy atom.